The van der Waals surface area contributed by atoms with Gasteiger partial charge in [-0.25, -0.2) is 9.97 Å². The van der Waals surface area contributed by atoms with Crippen LogP contribution in [0.3, 0.4) is 0 Å². The lowest BCUT2D eigenvalue weighted by atomic mass is 10.1. The van der Waals surface area contributed by atoms with E-state index in [1.54, 1.807) is 0 Å². The minimum Gasteiger partial charge on any atom is -0.490 e. The Kier molecular flexibility index (Phi) is 3.27. The first-order valence-corrected chi connectivity index (χ1v) is 5.41. The summed E-state index contributed by atoms with van der Waals surface area (Å²) in [6.07, 6.45) is 3.03. The average Bonchev–Trinajstić information content (AvgIpc) is 2.32. The van der Waals surface area contributed by atoms with Gasteiger partial charge in [-0.05, 0) is 12.8 Å². The van der Waals surface area contributed by atoms with Crippen molar-refractivity contribution >= 4 is 17.5 Å². The molecular weight excluding hydrogens is 222 g/mol. The standard InChI is InChI=1S/C10H15N5O2/c1-17-7-8(11)13-5-14-9(7)15-6-3-2-4-12-10(6)16/h5-6H,2-4H2,1H3,(H,12,16)(H3,11,13,14,15). The van der Waals surface area contributed by atoms with Crippen molar-refractivity contribution in [3.05, 3.63) is 6.33 Å². The van der Waals surface area contributed by atoms with E-state index in [9.17, 15) is 4.79 Å². The molecule has 4 N–H and O–H groups in total. The van der Waals surface area contributed by atoms with Gasteiger partial charge in [0, 0.05) is 6.54 Å². The lowest BCUT2D eigenvalue weighted by Crippen LogP contribution is -2.44. The number of methoxy groups -OCH3 is 1. The zero-order valence-electron chi connectivity index (χ0n) is 9.56. The second-order valence-corrected chi connectivity index (χ2v) is 3.77. The molecule has 1 fully saturated rings. The van der Waals surface area contributed by atoms with Gasteiger partial charge in [-0.15, -0.1) is 0 Å². The van der Waals surface area contributed by atoms with Crippen molar-refractivity contribution in [1.82, 2.24) is 15.3 Å². The van der Waals surface area contributed by atoms with Gasteiger partial charge in [0.2, 0.25) is 11.7 Å². The molecule has 1 aromatic heterocycles. The summed E-state index contributed by atoms with van der Waals surface area (Å²) >= 11 is 0. The highest BCUT2D eigenvalue weighted by Crippen LogP contribution is 2.27. The zero-order valence-corrected chi connectivity index (χ0v) is 9.56. The first-order chi connectivity index (χ1) is 8.22. The average molecular weight is 237 g/mol. The molecule has 0 spiro atoms. The van der Waals surface area contributed by atoms with Crippen molar-refractivity contribution in [3.63, 3.8) is 0 Å². The van der Waals surface area contributed by atoms with Crippen molar-refractivity contribution in [3.8, 4) is 5.75 Å². The van der Waals surface area contributed by atoms with E-state index in [0.29, 0.717) is 11.6 Å². The van der Waals surface area contributed by atoms with Crippen LogP contribution in [0.15, 0.2) is 6.33 Å². The fraction of sp³-hybridized carbons (Fsp3) is 0.500. The summed E-state index contributed by atoms with van der Waals surface area (Å²) in [5, 5.41) is 5.81. The molecule has 2 rings (SSSR count). The Balaban J connectivity index is 2.17. The summed E-state index contributed by atoms with van der Waals surface area (Å²) in [7, 11) is 1.49. The molecule has 17 heavy (non-hydrogen) atoms. The number of nitrogens with two attached hydrogens (primary N) is 1. The van der Waals surface area contributed by atoms with Crippen LogP contribution in [-0.4, -0.2) is 35.6 Å². The molecule has 7 heteroatoms. The van der Waals surface area contributed by atoms with E-state index in [4.69, 9.17) is 10.5 Å². The summed E-state index contributed by atoms with van der Waals surface area (Å²) in [4.78, 5) is 19.4. The molecule has 1 unspecified atom stereocenters. The van der Waals surface area contributed by atoms with Crippen LogP contribution in [0.5, 0.6) is 5.75 Å². The number of ether oxygens (including phenoxy) is 1. The number of aromatic nitrogens is 2. The van der Waals surface area contributed by atoms with Gasteiger partial charge in [-0.1, -0.05) is 0 Å². The Bertz CT molecular complexity index is 423. The van der Waals surface area contributed by atoms with Crippen molar-refractivity contribution < 1.29 is 9.53 Å². The molecule has 1 amide bonds. The molecule has 2 heterocycles. The third-order valence-corrected chi connectivity index (χ3v) is 2.63. The summed E-state index contributed by atoms with van der Waals surface area (Å²) in [5.41, 5.74) is 5.65. The van der Waals surface area contributed by atoms with Crippen LogP contribution >= 0.6 is 0 Å². The van der Waals surface area contributed by atoms with Gasteiger partial charge in [0.1, 0.15) is 12.4 Å². The molecule has 1 aliphatic heterocycles. The van der Waals surface area contributed by atoms with Crippen LogP contribution in [0.2, 0.25) is 0 Å². The highest BCUT2D eigenvalue weighted by atomic mass is 16.5. The van der Waals surface area contributed by atoms with Gasteiger partial charge < -0.3 is 21.1 Å². The van der Waals surface area contributed by atoms with Crippen LogP contribution in [0.1, 0.15) is 12.8 Å². The van der Waals surface area contributed by atoms with Crippen LogP contribution in [-0.2, 0) is 4.79 Å². The Hall–Kier alpha value is -2.05. The number of hydrogen-bond donors (Lipinski definition) is 3. The number of hydrogen-bond acceptors (Lipinski definition) is 6. The molecule has 0 radical (unpaired) electrons. The second-order valence-electron chi connectivity index (χ2n) is 3.77. The number of carbonyl (C=O) groups excluding carboxylic acids is 1. The highest BCUT2D eigenvalue weighted by Gasteiger charge is 2.23. The summed E-state index contributed by atoms with van der Waals surface area (Å²) in [5.74, 6) is 1.03. The van der Waals surface area contributed by atoms with E-state index in [-0.39, 0.29) is 17.8 Å². The molecule has 0 saturated carbocycles. The molecule has 0 bridgehead atoms. The molecule has 0 aromatic carbocycles. The van der Waals surface area contributed by atoms with E-state index in [2.05, 4.69) is 20.6 Å². The van der Waals surface area contributed by atoms with Crippen LogP contribution < -0.4 is 21.1 Å². The topological polar surface area (TPSA) is 102 Å². The number of nitrogens with one attached hydrogen (secondary N) is 2. The van der Waals surface area contributed by atoms with Crippen LogP contribution in [0, 0.1) is 0 Å². The van der Waals surface area contributed by atoms with Gasteiger partial charge in [0.25, 0.3) is 0 Å². The predicted molar refractivity (Wildman–Crippen MR) is 62.7 cm³/mol. The molecule has 0 aliphatic carbocycles. The van der Waals surface area contributed by atoms with Crippen molar-refractivity contribution in [2.75, 3.05) is 24.7 Å². The Morgan fingerprint density at radius 2 is 2.41 bits per heavy atom. The van der Waals surface area contributed by atoms with Crippen LogP contribution in [0.4, 0.5) is 11.6 Å². The van der Waals surface area contributed by atoms with Gasteiger partial charge in [-0.2, -0.15) is 0 Å². The highest BCUT2D eigenvalue weighted by molar-refractivity contribution is 5.85. The quantitative estimate of drug-likeness (QED) is 0.670. The number of amides is 1. The molecule has 1 aliphatic rings. The SMILES string of the molecule is COc1c(N)ncnc1NC1CCCNC1=O. The maximum atomic E-state index is 11.6. The minimum atomic E-state index is -0.299. The Morgan fingerprint density at radius 3 is 3.12 bits per heavy atom. The van der Waals surface area contributed by atoms with E-state index in [1.165, 1.54) is 13.4 Å². The van der Waals surface area contributed by atoms with Gasteiger partial charge >= 0.3 is 0 Å². The fourth-order valence-electron chi connectivity index (χ4n) is 1.77. The van der Waals surface area contributed by atoms with Gasteiger partial charge in [0.15, 0.2) is 11.6 Å². The number of nitrogen functional groups attached to an aromatic ring is 1. The zero-order chi connectivity index (χ0) is 12.3. The Morgan fingerprint density at radius 1 is 1.59 bits per heavy atom. The maximum Gasteiger partial charge on any atom is 0.242 e. The summed E-state index contributed by atoms with van der Waals surface area (Å²) in [6.45, 7) is 0.722. The summed E-state index contributed by atoms with van der Waals surface area (Å²) < 4.78 is 5.11. The molecular formula is C10H15N5O2. The van der Waals surface area contributed by atoms with Crippen molar-refractivity contribution in [2.24, 2.45) is 0 Å². The number of rotatable bonds is 3. The normalized spacial score (nSPS) is 19.6. The maximum absolute atomic E-state index is 11.6. The van der Waals surface area contributed by atoms with Gasteiger partial charge in [-0.3, -0.25) is 4.79 Å². The van der Waals surface area contributed by atoms with E-state index in [0.717, 1.165) is 19.4 Å². The number of carbonyl (C=O) groups is 1. The molecule has 7 nitrogen and oxygen atoms in total. The third kappa shape index (κ3) is 2.38. The number of nitrogens with zero attached hydrogens (tertiary/aromatic N) is 2. The lowest BCUT2D eigenvalue weighted by molar-refractivity contribution is -0.123. The monoisotopic (exact) mass is 237 g/mol. The van der Waals surface area contributed by atoms with E-state index < -0.39 is 0 Å². The minimum absolute atomic E-state index is 0.0320. The second kappa shape index (κ2) is 4.86. The molecule has 1 atom stereocenters. The molecule has 1 saturated heterocycles. The summed E-state index contributed by atoms with van der Waals surface area (Å²) in [6, 6.07) is -0.299. The predicted octanol–water partition coefficient (Wildman–Crippen LogP) is -0.242. The van der Waals surface area contributed by atoms with E-state index >= 15 is 0 Å². The van der Waals surface area contributed by atoms with Crippen molar-refractivity contribution in [2.45, 2.75) is 18.9 Å². The largest absolute Gasteiger partial charge is 0.490 e. The molecule has 1 aromatic rings. The first kappa shape index (κ1) is 11.4. The Labute approximate surface area is 98.8 Å². The first-order valence-electron chi connectivity index (χ1n) is 5.41. The van der Waals surface area contributed by atoms with Gasteiger partial charge in [0.05, 0.1) is 7.11 Å². The lowest BCUT2D eigenvalue weighted by Gasteiger charge is -2.23. The van der Waals surface area contributed by atoms with Crippen LogP contribution in [0.25, 0.3) is 0 Å². The van der Waals surface area contributed by atoms with E-state index in [1.807, 2.05) is 0 Å². The number of anilines is 2. The molecule has 92 valence electrons. The fourth-order valence-corrected chi connectivity index (χ4v) is 1.77. The smallest absolute Gasteiger partial charge is 0.242 e. The third-order valence-electron chi connectivity index (χ3n) is 2.63. The number of piperidine rings is 1. The van der Waals surface area contributed by atoms with Crippen molar-refractivity contribution in [1.29, 1.82) is 0 Å².